The Balaban J connectivity index is 1.23. The van der Waals surface area contributed by atoms with Crippen LogP contribution >= 0.6 is 0 Å². The van der Waals surface area contributed by atoms with Gasteiger partial charge < -0.3 is 24.7 Å². The third-order valence-electron chi connectivity index (χ3n) is 7.65. The highest BCUT2D eigenvalue weighted by atomic mass is 16.5. The second kappa shape index (κ2) is 14.2. The van der Waals surface area contributed by atoms with Crippen molar-refractivity contribution < 1.29 is 33.9 Å². The van der Waals surface area contributed by atoms with Crippen LogP contribution in [0.15, 0.2) is 18.2 Å². The zero-order chi connectivity index (χ0) is 28.5. The summed E-state index contributed by atoms with van der Waals surface area (Å²) < 4.78 is 11.2. The number of aromatic nitrogens is 1. The summed E-state index contributed by atoms with van der Waals surface area (Å²) >= 11 is 0. The van der Waals surface area contributed by atoms with Crippen molar-refractivity contribution in [1.82, 2.24) is 20.7 Å². The fourth-order valence-electron chi connectivity index (χ4n) is 5.42. The summed E-state index contributed by atoms with van der Waals surface area (Å²) in [7, 11) is 0. The normalized spacial score (nSPS) is 15.9. The zero-order valence-corrected chi connectivity index (χ0v) is 23.1. The first-order chi connectivity index (χ1) is 19.3. The molecule has 1 aromatic carbocycles. The van der Waals surface area contributed by atoms with Gasteiger partial charge in [-0.1, -0.05) is 12.8 Å². The Hall–Kier alpha value is -3.60. The lowest BCUT2D eigenvalue weighted by Gasteiger charge is -2.27. The maximum Gasteiger partial charge on any atom is 0.328 e. The van der Waals surface area contributed by atoms with Gasteiger partial charge in [-0.2, -0.15) is 0 Å². The summed E-state index contributed by atoms with van der Waals surface area (Å²) in [4.78, 5) is 53.7. The van der Waals surface area contributed by atoms with Gasteiger partial charge in [-0.05, 0) is 75.6 Å². The Kier molecular flexibility index (Phi) is 10.4. The van der Waals surface area contributed by atoms with Crippen molar-refractivity contribution in [1.29, 1.82) is 0 Å². The lowest BCUT2D eigenvalue weighted by Crippen LogP contribution is -2.42. The van der Waals surface area contributed by atoms with Crippen LogP contribution in [0.1, 0.15) is 82.4 Å². The van der Waals surface area contributed by atoms with Crippen molar-refractivity contribution in [3.8, 4) is 5.75 Å². The number of carbonyl (C=O) groups excluding carboxylic acids is 4. The van der Waals surface area contributed by atoms with Gasteiger partial charge in [0.15, 0.2) is 6.61 Å². The molecule has 1 aliphatic heterocycles. The number of ether oxygens (including phenoxy) is 2. The van der Waals surface area contributed by atoms with E-state index in [0.29, 0.717) is 31.7 Å². The molecule has 11 heteroatoms. The first-order valence-corrected chi connectivity index (χ1v) is 14.3. The van der Waals surface area contributed by atoms with Crippen LogP contribution in [0.25, 0.3) is 10.9 Å². The fourth-order valence-corrected chi connectivity index (χ4v) is 5.42. The topological polar surface area (TPSA) is 150 Å². The van der Waals surface area contributed by atoms with Crippen LogP contribution in [0.3, 0.4) is 0 Å². The number of unbranched alkanes of at least 4 members (excludes halogenated alkanes) is 3. The number of rotatable bonds is 13. The molecular formula is C29H40N4O7. The third-order valence-corrected chi connectivity index (χ3v) is 7.65. The van der Waals surface area contributed by atoms with Gasteiger partial charge in [0.05, 0.1) is 6.54 Å². The number of fused-ring (bicyclic) bond motifs is 3. The zero-order valence-electron chi connectivity index (χ0n) is 23.1. The Bertz CT molecular complexity index is 1200. The van der Waals surface area contributed by atoms with Crippen LogP contribution in [-0.4, -0.2) is 64.1 Å². The van der Waals surface area contributed by atoms with E-state index >= 15 is 0 Å². The molecule has 0 unspecified atom stereocenters. The molecule has 3 amide bonds. The number of aromatic amines is 1. The standard InChI is InChI=1S/C29H40N4O7/c1-19(29(37)40-20-8-6-7-9-20)30-27(35)18-39-21-12-13-24-23(16-21)22-14-15-33(17-25(22)31-24)28(36)11-5-3-2-4-10-26(34)32-38/h12-13,16,19-20,31,38H,2-11,14-15,17-18H2,1H3,(H,30,35)(H,32,34)/t19-/m0/s1. The van der Waals surface area contributed by atoms with E-state index in [2.05, 4.69) is 10.3 Å². The Labute approximate surface area is 233 Å². The van der Waals surface area contributed by atoms with Gasteiger partial charge in [0.25, 0.3) is 5.91 Å². The number of hydrogen-bond acceptors (Lipinski definition) is 7. The van der Waals surface area contributed by atoms with E-state index < -0.39 is 17.9 Å². The number of nitrogens with one attached hydrogen (secondary N) is 3. The molecular weight excluding hydrogens is 516 g/mol. The van der Waals surface area contributed by atoms with Crippen LogP contribution in [0.4, 0.5) is 0 Å². The predicted octanol–water partition coefficient (Wildman–Crippen LogP) is 3.27. The van der Waals surface area contributed by atoms with Crippen molar-refractivity contribution in [2.24, 2.45) is 0 Å². The van der Waals surface area contributed by atoms with Crippen LogP contribution in [-0.2, 0) is 36.9 Å². The van der Waals surface area contributed by atoms with Gasteiger partial charge >= 0.3 is 5.97 Å². The maximum atomic E-state index is 12.7. The molecule has 218 valence electrons. The molecule has 40 heavy (non-hydrogen) atoms. The average Bonchev–Trinajstić information content (AvgIpc) is 3.60. The summed E-state index contributed by atoms with van der Waals surface area (Å²) in [6, 6.07) is 4.87. The van der Waals surface area contributed by atoms with Crippen molar-refractivity contribution >= 4 is 34.6 Å². The van der Waals surface area contributed by atoms with Crippen LogP contribution < -0.4 is 15.5 Å². The van der Waals surface area contributed by atoms with E-state index in [1.165, 1.54) is 0 Å². The number of hydroxylamine groups is 1. The van der Waals surface area contributed by atoms with Gasteiger partial charge in [-0.15, -0.1) is 0 Å². The number of nitrogens with zero attached hydrogens (tertiary/aromatic N) is 1. The minimum atomic E-state index is -0.735. The third kappa shape index (κ3) is 7.97. The van der Waals surface area contributed by atoms with Crippen molar-refractivity contribution in [2.45, 2.75) is 96.2 Å². The monoisotopic (exact) mass is 556 g/mol. The number of hydrogen-bond donors (Lipinski definition) is 4. The number of esters is 1. The van der Waals surface area contributed by atoms with Crippen molar-refractivity contribution in [3.05, 3.63) is 29.5 Å². The van der Waals surface area contributed by atoms with E-state index in [1.807, 2.05) is 17.0 Å². The van der Waals surface area contributed by atoms with Crippen molar-refractivity contribution in [3.63, 3.8) is 0 Å². The molecule has 4 rings (SSSR count). The summed E-state index contributed by atoms with van der Waals surface area (Å²) in [5, 5.41) is 12.2. The highest BCUT2D eigenvalue weighted by Crippen LogP contribution is 2.31. The van der Waals surface area contributed by atoms with E-state index in [9.17, 15) is 19.2 Å². The second-order valence-electron chi connectivity index (χ2n) is 10.7. The molecule has 1 saturated carbocycles. The summed E-state index contributed by atoms with van der Waals surface area (Å²) in [5.41, 5.74) is 4.74. The highest BCUT2D eigenvalue weighted by molar-refractivity contribution is 5.88. The smallest absolute Gasteiger partial charge is 0.328 e. The fraction of sp³-hybridized carbons (Fsp3) is 0.586. The van der Waals surface area contributed by atoms with E-state index in [-0.39, 0.29) is 30.9 Å². The Morgan fingerprint density at radius 1 is 1.07 bits per heavy atom. The van der Waals surface area contributed by atoms with E-state index in [0.717, 1.165) is 73.5 Å². The van der Waals surface area contributed by atoms with Gasteiger partial charge in [0.2, 0.25) is 11.8 Å². The lowest BCUT2D eigenvalue weighted by molar-refractivity contribution is -0.152. The molecule has 0 saturated heterocycles. The quantitative estimate of drug-likeness (QED) is 0.128. The van der Waals surface area contributed by atoms with Crippen LogP contribution in [0.2, 0.25) is 0 Å². The largest absolute Gasteiger partial charge is 0.484 e. The Morgan fingerprint density at radius 3 is 2.58 bits per heavy atom. The SMILES string of the molecule is C[C@H](NC(=O)COc1ccc2[nH]c3c(c2c1)CCN(C(=O)CCCCCCC(=O)NO)C3)C(=O)OC1CCCC1. The minimum Gasteiger partial charge on any atom is -0.484 e. The molecule has 0 radical (unpaired) electrons. The van der Waals surface area contributed by atoms with Gasteiger partial charge in [-0.3, -0.25) is 19.6 Å². The molecule has 4 N–H and O–H groups in total. The first-order valence-electron chi connectivity index (χ1n) is 14.3. The molecule has 0 bridgehead atoms. The van der Waals surface area contributed by atoms with Gasteiger partial charge in [0.1, 0.15) is 17.9 Å². The minimum absolute atomic E-state index is 0.0438. The lowest BCUT2D eigenvalue weighted by atomic mass is 10.0. The number of amides is 3. The molecule has 1 aromatic heterocycles. The van der Waals surface area contributed by atoms with E-state index in [1.54, 1.807) is 18.5 Å². The molecule has 2 aromatic rings. The summed E-state index contributed by atoms with van der Waals surface area (Å²) in [6.45, 7) is 2.56. The molecule has 11 nitrogen and oxygen atoms in total. The van der Waals surface area contributed by atoms with Gasteiger partial charge in [-0.25, -0.2) is 10.3 Å². The molecule has 2 heterocycles. The maximum absolute atomic E-state index is 12.7. The Morgan fingerprint density at radius 2 is 1.82 bits per heavy atom. The summed E-state index contributed by atoms with van der Waals surface area (Å²) in [5.74, 6) is -0.519. The predicted molar refractivity (Wildman–Crippen MR) is 146 cm³/mol. The molecule has 0 spiro atoms. The first kappa shape index (κ1) is 29.4. The molecule has 2 aliphatic rings. The molecule has 1 aliphatic carbocycles. The molecule has 1 fully saturated rings. The van der Waals surface area contributed by atoms with Crippen LogP contribution in [0.5, 0.6) is 5.75 Å². The van der Waals surface area contributed by atoms with Crippen molar-refractivity contribution in [2.75, 3.05) is 13.2 Å². The van der Waals surface area contributed by atoms with E-state index in [4.69, 9.17) is 14.7 Å². The highest BCUT2D eigenvalue weighted by Gasteiger charge is 2.25. The average molecular weight is 557 g/mol. The van der Waals surface area contributed by atoms with Crippen LogP contribution in [0, 0.1) is 0 Å². The second-order valence-corrected chi connectivity index (χ2v) is 10.7. The van der Waals surface area contributed by atoms with Gasteiger partial charge in [0, 0.05) is 36.0 Å². The summed E-state index contributed by atoms with van der Waals surface area (Å²) in [6.07, 6.45) is 8.49. The number of benzene rings is 1. The number of carbonyl (C=O) groups is 4. The number of H-pyrrole nitrogens is 1. The molecule has 1 atom stereocenters.